The fourth-order valence-corrected chi connectivity index (χ4v) is 5.41. The van der Waals surface area contributed by atoms with Crippen LogP contribution in [0.5, 0.6) is 17.2 Å². The van der Waals surface area contributed by atoms with Crippen molar-refractivity contribution in [2.45, 2.75) is 61.0 Å². The average Bonchev–Trinajstić information content (AvgIpc) is 2.96. The minimum absolute atomic E-state index is 0.0846. The van der Waals surface area contributed by atoms with E-state index in [-0.39, 0.29) is 17.1 Å². The lowest BCUT2D eigenvalue weighted by Gasteiger charge is -2.41. The quantitative estimate of drug-likeness (QED) is 0.147. The number of hydrogen-bond donors (Lipinski definition) is 11. The van der Waals surface area contributed by atoms with Crippen LogP contribution >= 0.6 is 0 Å². The molecule has 2 aliphatic heterocycles. The summed E-state index contributed by atoms with van der Waals surface area (Å²) in [5.74, 6) is -2.13. The van der Waals surface area contributed by atoms with Gasteiger partial charge in [0.2, 0.25) is 5.43 Å². The summed E-state index contributed by atoms with van der Waals surface area (Å²) in [5, 5.41) is 113. The minimum atomic E-state index is -1.94. The van der Waals surface area contributed by atoms with E-state index in [1.54, 1.807) is 0 Å². The SMILES string of the molecule is O=c1c([C@@H]2O[C@H](CO)[C@@H](O)[C@H](O)[C@H]2O)c(-c2ccc(O)cc2)oc2c([C@@H]3O[C@H](CO)[C@@H](O)[C@H](O)[C@H]3O)c(O)cc(O)c12. The van der Waals surface area contributed by atoms with E-state index in [0.717, 1.165) is 6.07 Å². The van der Waals surface area contributed by atoms with Crippen LogP contribution in [0.25, 0.3) is 22.3 Å². The highest BCUT2D eigenvalue weighted by atomic mass is 16.6. The molecule has 1 aromatic heterocycles. The number of fused-ring (bicyclic) bond motifs is 1. The normalized spacial score (nSPS) is 33.6. The van der Waals surface area contributed by atoms with Crippen molar-refractivity contribution >= 4 is 11.0 Å². The molecule has 2 aliphatic rings. The fourth-order valence-electron chi connectivity index (χ4n) is 5.41. The van der Waals surface area contributed by atoms with E-state index in [4.69, 9.17) is 13.9 Å². The predicted molar refractivity (Wildman–Crippen MR) is 138 cm³/mol. The summed E-state index contributed by atoms with van der Waals surface area (Å²) in [7, 11) is 0. The number of aliphatic hydroxyl groups excluding tert-OH is 8. The third-order valence-electron chi connectivity index (χ3n) is 7.68. The van der Waals surface area contributed by atoms with Gasteiger partial charge in [0.15, 0.2) is 5.58 Å². The molecule has 5 rings (SSSR count). The van der Waals surface area contributed by atoms with Crippen molar-refractivity contribution < 1.29 is 70.1 Å². The van der Waals surface area contributed by atoms with Gasteiger partial charge in [0.25, 0.3) is 0 Å². The van der Waals surface area contributed by atoms with E-state index in [1.165, 1.54) is 24.3 Å². The topological polar surface area (TPSA) is 271 Å². The Morgan fingerprint density at radius 2 is 1.14 bits per heavy atom. The van der Waals surface area contributed by atoms with Crippen LogP contribution in [-0.4, -0.2) is 118 Å². The Labute approximate surface area is 235 Å². The molecular formula is C27H30O15. The molecule has 228 valence electrons. The molecular weight excluding hydrogens is 564 g/mol. The van der Waals surface area contributed by atoms with Crippen LogP contribution in [0.4, 0.5) is 0 Å². The lowest BCUT2D eigenvalue weighted by Crippen LogP contribution is -2.56. The highest BCUT2D eigenvalue weighted by Crippen LogP contribution is 2.46. The Morgan fingerprint density at radius 1 is 0.643 bits per heavy atom. The van der Waals surface area contributed by atoms with Gasteiger partial charge in [-0.3, -0.25) is 4.79 Å². The second-order valence-corrected chi connectivity index (χ2v) is 10.3. The molecule has 2 aromatic carbocycles. The number of phenols is 3. The maximum absolute atomic E-state index is 14.1. The highest BCUT2D eigenvalue weighted by molar-refractivity contribution is 5.90. The molecule has 0 amide bonds. The molecule has 0 aliphatic carbocycles. The molecule has 3 heterocycles. The zero-order valence-corrected chi connectivity index (χ0v) is 21.6. The molecule has 10 atom stereocenters. The monoisotopic (exact) mass is 594 g/mol. The first-order valence-corrected chi connectivity index (χ1v) is 12.9. The molecule has 11 N–H and O–H groups in total. The number of rotatable bonds is 5. The van der Waals surface area contributed by atoms with E-state index in [1.807, 2.05) is 0 Å². The fraction of sp³-hybridized carbons (Fsp3) is 0.444. The van der Waals surface area contributed by atoms with Gasteiger partial charge in [0.05, 0.1) is 24.3 Å². The van der Waals surface area contributed by atoms with Crippen molar-refractivity contribution in [1.29, 1.82) is 0 Å². The standard InChI is InChI=1S/C27H30O15/c28-6-12-17(33)20(36)22(38)26(40-12)15-11(32)5-10(31)14-19(35)16(27-23(39)21(37)18(34)13(7-29)41-27)24(42-25(14)15)8-1-3-9(30)4-2-8/h1-5,12-13,17-18,20-23,26-34,36-39H,6-7H2/t12-,13-,17-,18-,20+,21+,22-,23-,26+,27+/m1/s1. The van der Waals surface area contributed by atoms with Crippen LogP contribution in [0.3, 0.4) is 0 Å². The average molecular weight is 595 g/mol. The van der Waals surface area contributed by atoms with Crippen LogP contribution in [0, 0.1) is 0 Å². The van der Waals surface area contributed by atoms with Crippen molar-refractivity contribution in [2.24, 2.45) is 0 Å². The highest BCUT2D eigenvalue weighted by Gasteiger charge is 2.48. The maximum atomic E-state index is 14.1. The summed E-state index contributed by atoms with van der Waals surface area (Å²) in [4.78, 5) is 14.1. The molecule has 42 heavy (non-hydrogen) atoms. The van der Waals surface area contributed by atoms with Gasteiger partial charge < -0.3 is 70.1 Å². The molecule has 2 saturated heterocycles. The second-order valence-electron chi connectivity index (χ2n) is 10.3. The molecule has 2 fully saturated rings. The van der Waals surface area contributed by atoms with E-state index in [2.05, 4.69) is 0 Å². The minimum Gasteiger partial charge on any atom is -0.508 e. The number of ether oxygens (including phenoxy) is 2. The molecule has 15 nitrogen and oxygen atoms in total. The summed E-state index contributed by atoms with van der Waals surface area (Å²) in [6.45, 7) is -1.61. The van der Waals surface area contributed by atoms with E-state index < -0.39 is 113 Å². The summed E-state index contributed by atoms with van der Waals surface area (Å²) < 4.78 is 17.2. The third-order valence-corrected chi connectivity index (χ3v) is 7.68. The van der Waals surface area contributed by atoms with Gasteiger partial charge in [-0.25, -0.2) is 0 Å². The van der Waals surface area contributed by atoms with Crippen LogP contribution in [-0.2, 0) is 9.47 Å². The van der Waals surface area contributed by atoms with E-state index in [0.29, 0.717) is 0 Å². The zero-order chi connectivity index (χ0) is 30.6. The third kappa shape index (κ3) is 4.79. The Morgan fingerprint density at radius 3 is 1.64 bits per heavy atom. The lowest BCUT2D eigenvalue weighted by molar-refractivity contribution is -0.232. The number of aliphatic hydroxyl groups is 8. The number of benzene rings is 2. The Kier molecular flexibility index (Phi) is 8.16. The van der Waals surface area contributed by atoms with Gasteiger partial charge in [-0.2, -0.15) is 0 Å². The number of hydrogen-bond acceptors (Lipinski definition) is 15. The summed E-state index contributed by atoms with van der Waals surface area (Å²) in [6.07, 6.45) is -17.4. The van der Waals surface area contributed by atoms with Gasteiger partial charge in [-0.15, -0.1) is 0 Å². The molecule has 0 radical (unpaired) electrons. The van der Waals surface area contributed by atoms with Gasteiger partial charge in [0.1, 0.15) is 89.4 Å². The van der Waals surface area contributed by atoms with Crippen LogP contribution in [0.1, 0.15) is 23.3 Å². The largest absolute Gasteiger partial charge is 0.508 e. The molecule has 3 aromatic rings. The van der Waals surface area contributed by atoms with Gasteiger partial charge in [0, 0.05) is 11.6 Å². The molecule has 0 saturated carbocycles. The van der Waals surface area contributed by atoms with Crippen molar-refractivity contribution in [3.8, 4) is 28.6 Å². The van der Waals surface area contributed by atoms with Crippen molar-refractivity contribution in [2.75, 3.05) is 13.2 Å². The van der Waals surface area contributed by atoms with Crippen LogP contribution in [0.2, 0.25) is 0 Å². The predicted octanol–water partition coefficient (Wildman–Crippen LogP) is -2.39. The molecule has 15 heteroatoms. The van der Waals surface area contributed by atoms with Gasteiger partial charge in [-0.1, -0.05) is 0 Å². The maximum Gasteiger partial charge on any atom is 0.203 e. The Bertz CT molecular complexity index is 1500. The Hall–Kier alpha value is -3.35. The number of phenolic OH excluding ortho intramolecular Hbond substituents is 3. The van der Waals surface area contributed by atoms with E-state index in [9.17, 15) is 61.0 Å². The van der Waals surface area contributed by atoms with Crippen molar-refractivity contribution in [3.05, 3.63) is 51.7 Å². The lowest BCUT2D eigenvalue weighted by atomic mass is 9.87. The molecule has 0 bridgehead atoms. The smallest absolute Gasteiger partial charge is 0.203 e. The van der Waals surface area contributed by atoms with Crippen molar-refractivity contribution in [3.63, 3.8) is 0 Å². The summed E-state index contributed by atoms with van der Waals surface area (Å²) in [6, 6.07) is 5.81. The van der Waals surface area contributed by atoms with E-state index >= 15 is 0 Å². The number of aromatic hydroxyl groups is 3. The van der Waals surface area contributed by atoms with Gasteiger partial charge >= 0.3 is 0 Å². The van der Waals surface area contributed by atoms with Gasteiger partial charge in [-0.05, 0) is 24.3 Å². The first kappa shape index (κ1) is 30.1. The zero-order valence-electron chi connectivity index (χ0n) is 21.6. The first-order valence-electron chi connectivity index (χ1n) is 12.9. The summed E-state index contributed by atoms with van der Waals surface area (Å²) in [5.41, 5.74) is -2.46. The second kappa shape index (κ2) is 11.4. The molecule has 0 spiro atoms. The molecule has 0 unspecified atom stereocenters. The summed E-state index contributed by atoms with van der Waals surface area (Å²) >= 11 is 0. The Balaban J connectivity index is 1.82. The first-order chi connectivity index (χ1) is 19.9. The van der Waals surface area contributed by atoms with Crippen LogP contribution < -0.4 is 5.43 Å². The van der Waals surface area contributed by atoms with Crippen molar-refractivity contribution in [1.82, 2.24) is 0 Å². The van der Waals surface area contributed by atoms with Crippen LogP contribution in [0.15, 0.2) is 39.5 Å².